The average Bonchev–Trinajstić information content (AvgIpc) is 2.46. The number of nitrogens with one attached hydrogen (secondary N) is 2. The Hall–Kier alpha value is -2.40. The highest BCUT2D eigenvalue weighted by Gasteiger charge is 2.24. The molecule has 2 N–H and O–H groups in total. The van der Waals surface area contributed by atoms with Gasteiger partial charge in [0.2, 0.25) is 0 Å². The van der Waals surface area contributed by atoms with E-state index in [0.717, 1.165) is 11.3 Å². The molecule has 2 aromatic carbocycles. The van der Waals surface area contributed by atoms with Crippen molar-refractivity contribution < 1.29 is 4.92 Å². The van der Waals surface area contributed by atoms with Crippen LogP contribution in [0.25, 0.3) is 0 Å². The number of benzene rings is 2. The SMILES string of the molecule is O=[N+]([O-])c1ccccc1C1NCc2ccccc2N1. The summed E-state index contributed by atoms with van der Waals surface area (Å²) in [4.78, 5) is 10.7. The molecule has 0 saturated carbocycles. The van der Waals surface area contributed by atoms with Crippen LogP contribution in [-0.4, -0.2) is 4.92 Å². The van der Waals surface area contributed by atoms with Crippen molar-refractivity contribution in [3.05, 3.63) is 69.8 Å². The molecule has 0 amide bonds. The second-order valence-electron chi connectivity index (χ2n) is 4.43. The molecule has 0 aliphatic carbocycles. The number of nitro benzene ring substituents is 1. The number of hydrogen-bond acceptors (Lipinski definition) is 4. The van der Waals surface area contributed by atoms with Crippen LogP contribution in [0.15, 0.2) is 48.5 Å². The largest absolute Gasteiger partial charge is 0.366 e. The summed E-state index contributed by atoms with van der Waals surface area (Å²) in [6.45, 7) is 0.694. The van der Waals surface area contributed by atoms with Gasteiger partial charge >= 0.3 is 0 Å². The van der Waals surface area contributed by atoms with Crippen LogP contribution in [0, 0.1) is 10.1 Å². The highest BCUT2D eigenvalue weighted by atomic mass is 16.6. The van der Waals surface area contributed by atoms with E-state index >= 15 is 0 Å². The van der Waals surface area contributed by atoms with Gasteiger partial charge in [0.25, 0.3) is 5.69 Å². The molecule has 3 rings (SSSR count). The maximum atomic E-state index is 11.1. The molecule has 5 nitrogen and oxygen atoms in total. The van der Waals surface area contributed by atoms with Crippen molar-refractivity contribution in [1.29, 1.82) is 0 Å². The van der Waals surface area contributed by atoms with E-state index in [1.807, 2.05) is 30.3 Å². The zero-order valence-corrected chi connectivity index (χ0v) is 10.2. The lowest BCUT2D eigenvalue weighted by Crippen LogP contribution is -2.32. The Morgan fingerprint density at radius 3 is 2.68 bits per heavy atom. The Kier molecular flexibility index (Phi) is 2.89. The van der Waals surface area contributed by atoms with Crippen molar-refractivity contribution in [2.24, 2.45) is 0 Å². The third kappa shape index (κ3) is 2.15. The van der Waals surface area contributed by atoms with E-state index in [1.54, 1.807) is 12.1 Å². The number of fused-ring (bicyclic) bond motifs is 1. The average molecular weight is 255 g/mol. The smallest absolute Gasteiger partial charge is 0.276 e. The van der Waals surface area contributed by atoms with Crippen LogP contribution in [-0.2, 0) is 6.54 Å². The van der Waals surface area contributed by atoms with E-state index in [2.05, 4.69) is 10.6 Å². The van der Waals surface area contributed by atoms with E-state index in [9.17, 15) is 10.1 Å². The molecule has 2 aromatic rings. The molecule has 0 bridgehead atoms. The molecule has 1 unspecified atom stereocenters. The van der Waals surface area contributed by atoms with Crippen LogP contribution in [0.1, 0.15) is 17.3 Å². The highest BCUT2D eigenvalue weighted by Crippen LogP contribution is 2.30. The third-order valence-corrected chi connectivity index (χ3v) is 3.26. The van der Waals surface area contributed by atoms with Crippen molar-refractivity contribution in [2.75, 3.05) is 5.32 Å². The summed E-state index contributed by atoms with van der Waals surface area (Å²) in [5, 5.41) is 17.6. The topological polar surface area (TPSA) is 67.2 Å². The highest BCUT2D eigenvalue weighted by molar-refractivity contribution is 5.56. The molecule has 0 spiro atoms. The zero-order valence-electron chi connectivity index (χ0n) is 10.2. The van der Waals surface area contributed by atoms with E-state index in [1.165, 1.54) is 6.07 Å². The van der Waals surface area contributed by atoms with Gasteiger partial charge in [-0.3, -0.25) is 15.4 Å². The fourth-order valence-corrected chi connectivity index (χ4v) is 2.32. The van der Waals surface area contributed by atoms with Crippen molar-refractivity contribution in [3.63, 3.8) is 0 Å². The van der Waals surface area contributed by atoms with Gasteiger partial charge in [0.1, 0.15) is 6.17 Å². The predicted molar refractivity (Wildman–Crippen MR) is 72.7 cm³/mol. The van der Waals surface area contributed by atoms with Crippen molar-refractivity contribution in [2.45, 2.75) is 12.7 Å². The molecule has 0 saturated heterocycles. The fourth-order valence-electron chi connectivity index (χ4n) is 2.32. The summed E-state index contributed by atoms with van der Waals surface area (Å²) in [6.07, 6.45) is -0.239. The van der Waals surface area contributed by atoms with Crippen molar-refractivity contribution in [1.82, 2.24) is 5.32 Å². The molecule has 0 fully saturated rings. The van der Waals surface area contributed by atoms with Crippen molar-refractivity contribution in [3.8, 4) is 0 Å². The van der Waals surface area contributed by atoms with Crippen LogP contribution >= 0.6 is 0 Å². The summed E-state index contributed by atoms with van der Waals surface area (Å²) in [7, 11) is 0. The lowest BCUT2D eigenvalue weighted by atomic mass is 10.1. The van der Waals surface area contributed by atoms with E-state index in [0.29, 0.717) is 12.1 Å². The fraction of sp³-hybridized carbons (Fsp3) is 0.143. The second-order valence-corrected chi connectivity index (χ2v) is 4.43. The Morgan fingerprint density at radius 2 is 1.84 bits per heavy atom. The number of nitro groups is 1. The van der Waals surface area contributed by atoms with Gasteiger partial charge in [0.15, 0.2) is 0 Å². The Bertz CT molecular complexity index is 628. The van der Waals surface area contributed by atoms with Crippen molar-refractivity contribution >= 4 is 11.4 Å². The van der Waals surface area contributed by atoms with Gasteiger partial charge in [-0.25, -0.2) is 0 Å². The van der Waals surface area contributed by atoms with Gasteiger partial charge in [-0.1, -0.05) is 30.3 Å². The number of nitrogens with zero attached hydrogens (tertiary/aromatic N) is 1. The predicted octanol–water partition coefficient (Wildman–Crippen LogP) is 2.81. The minimum absolute atomic E-state index is 0.131. The van der Waals surface area contributed by atoms with Gasteiger partial charge in [0, 0.05) is 18.3 Å². The third-order valence-electron chi connectivity index (χ3n) is 3.26. The summed E-state index contributed by atoms with van der Waals surface area (Å²) in [5.74, 6) is 0. The van der Waals surface area contributed by atoms with Gasteiger partial charge < -0.3 is 5.32 Å². The molecule has 19 heavy (non-hydrogen) atoms. The van der Waals surface area contributed by atoms with Crippen LogP contribution in [0.5, 0.6) is 0 Å². The first-order valence-corrected chi connectivity index (χ1v) is 6.07. The molecular formula is C14H13N3O2. The second kappa shape index (κ2) is 4.70. The molecule has 0 radical (unpaired) electrons. The zero-order chi connectivity index (χ0) is 13.2. The van der Waals surface area contributed by atoms with E-state index in [4.69, 9.17) is 0 Å². The van der Waals surface area contributed by atoms with E-state index in [-0.39, 0.29) is 16.8 Å². The number of rotatable bonds is 2. The van der Waals surface area contributed by atoms with Crippen LogP contribution in [0.2, 0.25) is 0 Å². The minimum Gasteiger partial charge on any atom is -0.366 e. The lowest BCUT2D eigenvalue weighted by molar-refractivity contribution is -0.385. The van der Waals surface area contributed by atoms with Crippen LogP contribution < -0.4 is 10.6 Å². The summed E-state index contributed by atoms with van der Waals surface area (Å²) in [5.41, 5.74) is 2.97. The molecule has 5 heteroatoms. The normalized spacial score (nSPS) is 17.4. The molecule has 1 heterocycles. The first-order valence-electron chi connectivity index (χ1n) is 6.07. The maximum absolute atomic E-state index is 11.1. The Morgan fingerprint density at radius 1 is 1.11 bits per heavy atom. The Labute approximate surface area is 110 Å². The quantitative estimate of drug-likeness (QED) is 0.639. The summed E-state index contributed by atoms with van der Waals surface area (Å²) >= 11 is 0. The number of anilines is 1. The molecule has 1 aliphatic heterocycles. The lowest BCUT2D eigenvalue weighted by Gasteiger charge is -2.28. The standard InChI is InChI=1S/C14H13N3O2/c18-17(19)13-8-4-2-6-11(13)14-15-9-10-5-1-3-7-12(10)16-14/h1-8,14-16H,9H2. The Balaban J connectivity index is 1.95. The molecule has 0 aromatic heterocycles. The number of hydrogen-bond donors (Lipinski definition) is 2. The van der Waals surface area contributed by atoms with Gasteiger partial charge in [-0.2, -0.15) is 0 Å². The van der Waals surface area contributed by atoms with Crippen LogP contribution in [0.3, 0.4) is 0 Å². The van der Waals surface area contributed by atoms with Gasteiger partial charge in [-0.15, -0.1) is 0 Å². The molecule has 1 atom stereocenters. The van der Waals surface area contributed by atoms with E-state index < -0.39 is 0 Å². The van der Waals surface area contributed by atoms with Gasteiger partial charge in [-0.05, 0) is 17.7 Å². The molecular weight excluding hydrogens is 242 g/mol. The van der Waals surface area contributed by atoms with Crippen LogP contribution in [0.4, 0.5) is 11.4 Å². The first-order chi connectivity index (χ1) is 9.25. The summed E-state index contributed by atoms with van der Waals surface area (Å²) < 4.78 is 0. The monoisotopic (exact) mass is 255 g/mol. The maximum Gasteiger partial charge on any atom is 0.276 e. The number of para-hydroxylation sites is 2. The minimum atomic E-state index is -0.348. The molecule has 96 valence electrons. The van der Waals surface area contributed by atoms with Gasteiger partial charge in [0.05, 0.1) is 10.5 Å². The molecule has 1 aliphatic rings. The first kappa shape index (κ1) is 11.7. The summed E-state index contributed by atoms with van der Waals surface area (Å²) in [6, 6.07) is 14.7.